The lowest BCUT2D eigenvalue weighted by Gasteiger charge is -2.28. The molecule has 10 aromatic rings. The van der Waals surface area contributed by atoms with Gasteiger partial charge < -0.3 is 4.90 Å². The zero-order valence-electron chi connectivity index (χ0n) is 36.7. The summed E-state index contributed by atoms with van der Waals surface area (Å²) in [5.41, 5.74) is 18.6. The van der Waals surface area contributed by atoms with E-state index in [0.29, 0.717) is 0 Å². The fourth-order valence-electron chi connectivity index (χ4n) is 9.86. The van der Waals surface area contributed by atoms with Crippen LogP contribution in [0.15, 0.2) is 267 Å². The van der Waals surface area contributed by atoms with Gasteiger partial charge in [-0.15, -0.1) is 0 Å². The lowest BCUT2D eigenvalue weighted by molar-refractivity contribution is 1.28. The highest BCUT2D eigenvalue weighted by atomic mass is 15.1. The molecule has 0 spiro atoms. The predicted octanol–water partition coefficient (Wildman–Crippen LogP) is 18.0. The molecule has 0 unspecified atom stereocenters. The summed E-state index contributed by atoms with van der Waals surface area (Å²) in [6.45, 7) is 4.49. The van der Waals surface area contributed by atoms with E-state index < -0.39 is 0 Å². The van der Waals surface area contributed by atoms with Crippen molar-refractivity contribution in [3.8, 4) is 33.4 Å². The number of hydrogen-bond donors (Lipinski definition) is 0. The van der Waals surface area contributed by atoms with Crippen LogP contribution in [0.4, 0.5) is 17.1 Å². The van der Waals surface area contributed by atoms with Crippen LogP contribution in [0.2, 0.25) is 0 Å². The van der Waals surface area contributed by atoms with Crippen LogP contribution in [-0.2, 0) is 0 Å². The quantitative estimate of drug-likeness (QED) is 0.138. The van der Waals surface area contributed by atoms with Crippen molar-refractivity contribution in [2.24, 2.45) is 0 Å². The number of nitrogens with zero attached hydrogens (tertiary/aromatic N) is 1. The summed E-state index contributed by atoms with van der Waals surface area (Å²) in [5.74, 6) is 0. The van der Waals surface area contributed by atoms with Gasteiger partial charge in [0.25, 0.3) is 0 Å². The molecule has 0 aromatic heterocycles. The highest BCUT2D eigenvalue weighted by Crippen LogP contribution is 2.47. The third-order valence-electron chi connectivity index (χ3n) is 12.9. The van der Waals surface area contributed by atoms with Gasteiger partial charge in [-0.1, -0.05) is 237 Å². The van der Waals surface area contributed by atoms with Crippen LogP contribution in [-0.4, -0.2) is 0 Å². The zero-order chi connectivity index (χ0) is 44.2. The first kappa shape index (κ1) is 40.3. The predicted molar refractivity (Wildman–Crippen MR) is 283 cm³/mol. The summed E-state index contributed by atoms with van der Waals surface area (Å²) in [6.07, 6.45) is 9.39. The third-order valence-corrected chi connectivity index (χ3v) is 12.9. The molecule has 0 atom stereocenters. The van der Waals surface area contributed by atoms with Crippen molar-refractivity contribution in [2.45, 2.75) is 6.42 Å². The maximum atomic E-state index is 4.49. The van der Waals surface area contributed by atoms with Gasteiger partial charge in [0, 0.05) is 16.9 Å². The number of benzene rings is 10. The van der Waals surface area contributed by atoms with E-state index in [2.05, 4.69) is 272 Å². The van der Waals surface area contributed by atoms with Crippen LogP contribution >= 0.6 is 0 Å². The molecule has 11 rings (SSSR count). The number of para-hydroxylation sites is 1. The Morgan fingerprint density at radius 3 is 1.36 bits per heavy atom. The van der Waals surface area contributed by atoms with Crippen molar-refractivity contribution in [3.05, 3.63) is 290 Å². The molecule has 0 N–H and O–H groups in total. The topological polar surface area (TPSA) is 3.24 Å². The molecule has 1 aliphatic rings. The number of anilines is 3. The van der Waals surface area contributed by atoms with Crippen LogP contribution in [0.3, 0.4) is 0 Å². The van der Waals surface area contributed by atoms with E-state index in [0.717, 1.165) is 40.2 Å². The molecule has 0 saturated heterocycles. The number of rotatable bonds is 8. The van der Waals surface area contributed by atoms with Crippen LogP contribution in [0.5, 0.6) is 0 Å². The zero-order valence-corrected chi connectivity index (χ0v) is 36.7. The first-order valence-corrected chi connectivity index (χ1v) is 22.8. The summed E-state index contributed by atoms with van der Waals surface area (Å²) in [7, 11) is 0. The Morgan fingerprint density at radius 1 is 0.333 bits per heavy atom. The highest BCUT2D eigenvalue weighted by Gasteiger charge is 2.22. The minimum absolute atomic E-state index is 0.769. The maximum Gasteiger partial charge on any atom is 0.0540 e. The maximum absolute atomic E-state index is 4.49. The number of allylic oxidation sites excluding steroid dienone is 6. The lowest BCUT2D eigenvalue weighted by atomic mass is 9.84. The van der Waals surface area contributed by atoms with E-state index in [9.17, 15) is 0 Å². The molecule has 0 radical (unpaired) electrons. The average Bonchev–Trinajstić information content (AvgIpc) is 3.39. The van der Waals surface area contributed by atoms with Gasteiger partial charge in [-0.2, -0.15) is 0 Å². The lowest BCUT2D eigenvalue weighted by Crippen LogP contribution is -2.11. The van der Waals surface area contributed by atoms with Crippen LogP contribution < -0.4 is 4.90 Å². The monoisotopic (exact) mass is 841 g/mol. The Kier molecular flexibility index (Phi) is 10.9. The van der Waals surface area contributed by atoms with E-state index in [4.69, 9.17) is 0 Å². The van der Waals surface area contributed by atoms with Crippen molar-refractivity contribution in [2.75, 3.05) is 4.90 Å². The number of fused-ring (bicyclic) bond motifs is 4. The SMILES string of the molecule is C=C1/C=C\C=C/C/C(c2ccc(N(c3ccc(-c4c(-c5ccccc5)c5ccccc5c5ccccc45)cc3)c3ccccc3-c3ccccc3)cc2)=C(/c2ccccc2)c2ccccc21. The molecular weight excluding hydrogens is 795 g/mol. The Balaban J connectivity index is 1.09. The normalized spacial score (nSPS) is 14.7. The van der Waals surface area contributed by atoms with Crippen LogP contribution in [0.1, 0.15) is 28.7 Å². The third kappa shape index (κ3) is 7.57. The summed E-state index contributed by atoms with van der Waals surface area (Å²) in [6, 6.07) is 85.9. The summed E-state index contributed by atoms with van der Waals surface area (Å²) < 4.78 is 0. The second kappa shape index (κ2) is 17.9. The van der Waals surface area contributed by atoms with Gasteiger partial charge in [-0.3, -0.25) is 0 Å². The smallest absolute Gasteiger partial charge is 0.0540 e. The minimum atomic E-state index is 0.769. The van der Waals surface area contributed by atoms with E-state index in [1.54, 1.807) is 0 Å². The van der Waals surface area contributed by atoms with Crippen LogP contribution in [0, 0.1) is 0 Å². The standard InChI is InChI=1S/C65H47N/c1-46-22-6-2-13-31-56(63(49-25-9-4-10-26-49)59-34-17-14-29-54(46)59)48-38-42-52(43-39-48)66(62-37-21-20-30-55(62)47-23-7-3-8-24-47)53-44-40-51(41-45-53)65-61-36-19-16-33-58(61)57-32-15-18-35-60(57)64(65)50-27-11-5-12-28-50/h2-30,32-45H,1,31H2/b13-2-,22-6-,63-56+. The molecule has 0 heterocycles. The van der Waals surface area contributed by atoms with Crippen molar-refractivity contribution in [3.63, 3.8) is 0 Å². The Morgan fingerprint density at radius 2 is 0.773 bits per heavy atom. The van der Waals surface area contributed by atoms with Crippen molar-refractivity contribution in [1.29, 1.82) is 0 Å². The van der Waals surface area contributed by atoms with E-state index >= 15 is 0 Å². The molecular formula is C65H47N. The Labute approximate surface area is 387 Å². The second-order valence-corrected chi connectivity index (χ2v) is 16.8. The van der Waals surface area contributed by atoms with Gasteiger partial charge in [-0.25, -0.2) is 0 Å². The Hall–Kier alpha value is -8.52. The van der Waals surface area contributed by atoms with Gasteiger partial charge in [0.2, 0.25) is 0 Å². The molecule has 0 amide bonds. The molecule has 1 heteroatoms. The largest absolute Gasteiger partial charge is 0.310 e. The molecule has 0 aliphatic heterocycles. The molecule has 1 aliphatic carbocycles. The first-order valence-electron chi connectivity index (χ1n) is 22.8. The molecule has 312 valence electrons. The summed E-state index contributed by atoms with van der Waals surface area (Å²) >= 11 is 0. The molecule has 10 aromatic carbocycles. The van der Waals surface area contributed by atoms with Gasteiger partial charge in [0.15, 0.2) is 0 Å². The van der Waals surface area contributed by atoms with E-state index in [1.807, 2.05) is 0 Å². The minimum Gasteiger partial charge on any atom is -0.310 e. The second-order valence-electron chi connectivity index (χ2n) is 16.8. The van der Waals surface area contributed by atoms with Crippen molar-refractivity contribution >= 4 is 55.3 Å². The van der Waals surface area contributed by atoms with Gasteiger partial charge >= 0.3 is 0 Å². The van der Waals surface area contributed by atoms with Gasteiger partial charge in [-0.05, 0) is 125 Å². The van der Waals surface area contributed by atoms with E-state index in [-0.39, 0.29) is 0 Å². The molecule has 66 heavy (non-hydrogen) atoms. The first-order chi connectivity index (χ1) is 32.7. The number of hydrogen-bond acceptors (Lipinski definition) is 1. The molecule has 0 saturated carbocycles. The van der Waals surface area contributed by atoms with E-state index in [1.165, 1.54) is 77.2 Å². The summed E-state index contributed by atoms with van der Waals surface area (Å²) in [5, 5.41) is 5.01. The van der Waals surface area contributed by atoms with Crippen molar-refractivity contribution < 1.29 is 0 Å². The fourth-order valence-corrected chi connectivity index (χ4v) is 9.86. The van der Waals surface area contributed by atoms with Gasteiger partial charge in [0.05, 0.1) is 5.69 Å². The summed E-state index contributed by atoms with van der Waals surface area (Å²) in [4.78, 5) is 2.41. The molecule has 1 nitrogen and oxygen atoms in total. The molecule has 0 fully saturated rings. The van der Waals surface area contributed by atoms with Crippen LogP contribution in [0.25, 0.3) is 71.6 Å². The highest BCUT2D eigenvalue weighted by molar-refractivity contribution is 6.21. The Bertz CT molecular complexity index is 3470. The van der Waals surface area contributed by atoms with Crippen molar-refractivity contribution in [1.82, 2.24) is 0 Å². The fraction of sp³-hybridized carbons (Fsp3) is 0.0154. The van der Waals surface area contributed by atoms with Gasteiger partial charge in [0.1, 0.15) is 0 Å². The molecule has 0 bridgehead atoms. The average molecular weight is 842 g/mol.